The van der Waals surface area contributed by atoms with Crippen molar-refractivity contribution in [1.29, 1.82) is 0 Å². The molecule has 0 spiro atoms. The van der Waals surface area contributed by atoms with E-state index in [0.29, 0.717) is 6.54 Å². The van der Waals surface area contributed by atoms with E-state index in [4.69, 9.17) is 5.73 Å². The Bertz CT molecular complexity index is 460. The first kappa shape index (κ1) is 9.80. The highest BCUT2D eigenvalue weighted by atomic mass is 16.3. The number of aromatic amines is 1. The summed E-state index contributed by atoms with van der Waals surface area (Å²) in [4.78, 5) is 3.15. The SMILES string of the molecule is Cc1[nH]c(-c2ccccc2)c(O)c1CN. The summed E-state index contributed by atoms with van der Waals surface area (Å²) in [5, 5.41) is 9.95. The van der Waals surface area contributed by atoms with Crippen molar-refractivity contribution in [3.8, 4) is 17.0 Å². The summed E-state index contributed by atoms with van der Waals surface area (Å²) >= 11 is 0. The summed E-state index contributed by atoms with van der Waals surface area (Å²) in [6.07, 6.45) is 0. The highest BCUT2D eigenvalue weighted by molar-refractivity contribution is 5.69. The Labute approximate surface area is 88.6 Å². The van der Waals surface area contributed by atoms with Gasteiger partial charge in [0.15, 0.2) is 0 Å². The van der Waals surface area contributed by atoms with Crippen molar-refractivity contribution < 1.29 is 5.11 Å². The van der Waals surface area contributed by atoms with Crippen molar-refractivity contribution in [2.24, 2.45) is 5.73 Å². The van der Waals surface area contributed by atoms with E-state index < -0.39 is 0 Å². The Hall–Kier alpha value is -1.74. The minimum Gasteiger partial charge on any atom is -0.505 e. The Balaban J connectivity index is 2.55. The number of benzene rings is 1. The van der Waals surface area contributed by atoms with E-state index in [2.05, 4.69) is 4.98 Å². The fourth-order valence-electron chi connectivity index (χ4n) is 1.71. The van der Waals surface area contributed by atoms with Gasteiger partial charge in [-0.05, 0) is 6.92 Å². The second-order valence-corrected chi connectivity index (χ2v) is 3.52. The molecule has 0 aliphatic carbocycles. The molecule has 2 aromatic rings. The molecule has 1 heterocycles. The Morgan fingerprint density at radius 2 is 1.93 bits per heavy atom. The quantitative estimate of drug-likeness (QED) is 0.698. The number of nitrogens with two attached hydrogens (primary N) is 1. The van der Waals surface area contributed by atoms with E-state index in [1.54, 1.807) is 0 Å². The molecule has 0 atom stereocenters. The predicted molar refractivity (Wildman–Crippen MR) is 60.5 cm³/mol. The largest absolute Gasteiger partial charge is 0.505 e. The Morgan fingerprint density at radius 1 is 1.27 bits per heavy atom. The summed E-state index contributed by atoms with van der Waals surface area (Å²) in [7, 11) is 0. The molecule has 0 bridgehead atoms. The standard InChI is InChI=1S/C12H14N2O/c1-8-10(7-13)12(15)11(14-8)9-5-3-2-4-6-9/h2-6,14-15H,7,13H2,1H3. The molecule has 15 heavy (non-hydrogen) atoms. The molecule has 1 aromatic heterocycles. The number of rotatable bonds is 2. The van der Waals surface area contributed by atoms with E-state index in [1.807, 2.05) is 37.3 Å². The van der Waals surface area contributed by atoms with Crippen LogP contribution < -0.4 is 5.73 Å². The van der Waals surface area contributed by atoms with E-state index in [9.17, 15) is 5.11 Å². The molecular weight excluding hydrogens is 188 g/mol. The summed E-state index contributed by atoms with van der Waals surface area (Å²) in [6.45, 7) is 2.26. The molecular formula is C12H14N2O. The monoisotopic (exact) mass is 202 g/mol. The molecule has 4 N–H and O–H groups in total. The van der Waals surface area contributed by atoms with Crippen LogP contribution in [0.15, 0.2) is 30.3 Å². The average Bonchev–Trinajstić information content (AvgIpc) is 2.55. The summed E-state index contributed by atoms with van der Waals surface area (Å²) in [6, 6.07) is 9.72. The topological polar surface area (TPSA) is 62.0 Å². The van der Waals surface area contributed by atoms with Crippen molar-refractivity contribution >= 4 is 0 Å². The van der Waals surface area contributed by atoms with Crippen molar-refractivity contribution in [1.82, 2.24) is 4.98 Å². The molecule has 0 aliphatic rings. The molecule has 2 rings (SSSR count). The van der Waals surface area contributed by atoms with Crippen LogP contribution in [0, 0.1) is 6.92 Å². The minimum absolute atomic E-state index is 0.265. The van der Waals surface area contributed by atoms with Gasteiger partial charge in [-0.25, -0.2) is 0 Å². The normalized spacial score (nSPS) is 10.5. The first-order valence-corrected chi connectivity index (χ1v) is 4.90. The van der Waals surface area contributed by atoms with Gasteiger partial charge in [-0.15, -0.1) is 0 Å². The third-order valence-electron chi connectivity index (χ3n) is 2.55. The second kappa shape index (κ2) is 3.79. The first-order valence-electron chi connectivity index (χ1n) is 4.90. The number of nitrogens with one attached hydrogen (secondary N) is 1. The zero-order chi connectivity index (χ0) is 10.8. The van der Waals surface area contributed by atoms with Gasteiger partial charge in [0.2, 0.25) is 0 Å². The van der Waals surface area contributed by atoms with E-state index in [-0.39, 0.29) is 5.75 Å². The van der Waals surface area contributed by atoms with Crippen LogP contribution in [0.3, 0.4) is 0 Å². The second-order valence-electron chi connectivity index (χ2n) is 3.52. The van der Waals surface area contributed by atoms with E-state index >= 15 is 0 Å². The van der Waals surface area contributed by atoms with Gasteiger partial charge in [0.05, 0.1) is 5.69 Å². The molecule has 0 saturated heterocycles. The molecule has 0 radical (unpaired) electrons. The molecule has 78 valence electrons. The summed E-state index contributed by atoms with van der Waals surface area (Å²) in [5.41, 5.74) is 8.99. The van der Waals surface area contributed by atoms with Crippen LogP contribution in [0.2, 0.25) is 0 Å². The fourth-order valence-corrected chi connectivity index (χ4v) is 1.71. The minimum atomic E-state index is 0.265. The van der Waals surface area contributed by atoms with Crippen LogP contribution in [0.4, 0.5) is 0 Å². The maximum Gasteiger partial charge on any atom is 0.145 e. The third kappa shape index (κ3) is 1.62. The number of aryl methyl sites for hydroxylation is 1. The molecule has 0 fully saturated rings. The van der Waals surface area contributed by atoms with Gasteiger partial charge >= 0.3 is 0 Å². The van der Waals surface area contributed by atoms with E-state index in [1.165, 1.54) is 0 Å². The lowest BCUT2D eigenvalue weighted by Crippen LogP contribution is -1.96. The zero-order valence-corrected chi connectivity index (χ0v) is 8.62. The predicted octanol–water partition coefficient (Wildman–Crippen LogP) is 2.15. The molecule has 0 unspecified atom stereocenters. The molecule has 1 aromatic carbocycles. The number of hydrogen-bond acceptors (Lipinski definition) is 2. The number of aromatic hydroxyl groups is 1. The van der Waals surface area contributed by atoms with Gasteiger partial charge in [-0.3, -0.25) is 0 Å². The summed E-state index contributed by atoms with van der Waals surface area (Å²) < 4.78 is 0. The Kier molecular flexibility index (Phi) is 2.47. The Morgan fingerprint density at radius 3 is 2.47 bits per heavy atom. The molecule has 0 aliphatic heterocycles. The smallest absolute Gasteiger partial charge is 0.145 e. The number of aromatic nitrogens is 1. The summed E-state index contributed by atoms with van der Waals surface area (Å²) in [5.74, 6) is 0.265. The van der Waals surface area contributed by atoms with Gasteiger partial charge in [0.1, 0.15) is 5.75 Å². The zero-order valence-electron chi connectivity index (χ0n) is 8.62. The van der Waals surface area contributed by atoms with Crippen molar-refractivity contribution in [2.75, 3.05) is 0 Å². The van der Waals surface area contributed by atoms with Gasteiger partial charge in [-0.1, -0.05) is 30.3 Å². The van der Waals surface area contributed by atoms with Crippen molar-refractivity contribution in [2.45, 2.75) is 13.5 Å². The molecule has 0 saturated carbocycles. The lowest BCUT2D eigenvalue weighted by Gasteiger charge is -1.99. The first-order chi connectivity index (χ1) is 7.24. The van der Waals surface area contributed by atoms with Crippen LogP contribution in [-0.2, 0) is 6.54 Å². The van der Waals surface area contributed by atoms with Crippen LogP contribution in [0.1, 0.15) is 11.3 Å². The number of hydrogen-bond donors (Lipinski definition) is 3. The molecule has 3 heteroatoms. The van der Waals surface area contributed by atoms with Gasteiger partial charge in [-0.2, -0.15) is 0 Å². The van der Waals surface area contributed by atoms with Gasteiger partial charge in [0.25, 0.3) is 0 Å². The lowest BCUT2D eigenvalue weighted by molar-refractivity contribution is 0.472. The number of H-pyrrole nitrogens is 1. The average molecular weight is 202 g/mol. The molecule has 0 amide bonds. The van der Waals surface area contributed by atoms with Crippen LogP contribution >= 0.6 is 0 Å². The van der Waals surface area contributed by atoms with Crippen molar-refractivity contribution in [3.05, 3.63) is 41.6 Å². The maximum atomic E-state index is 9.95. The maximum absolute atomic E-state index is 9.95. The van der Waals surface area contributed by atoms with Crippen LogP contribution in [0.25, 0.3) is 11.3 Å². The lowest BCUT2D eigenvalue weighted by atomic mass is 10.1. The van der Waals surface area contributed by atoms with Crippen LogP contribution in [-0.4, -0.2) is 10.1 Å². The highest BCUT2D eigenvalue weighted by Gasteiger charge is 2.13. The molecule has 3 nitrogen and oxygen atoms in total. The third-order valence-corrected chi connectivity index (χ3v) is 2.55. The van der Waals surface area contributed by atoms with Crippen LogP contribution in [0.5, 0.6) is 5.75 Å². The van der Waals surface area contributed by atoms with Gasteiger partial charge < -0.3 is 15.8 Å². The fraction of sp³-hybridized carbons (Fsp3) is 0.167. The highest BCUT2D eigenvalue weighted by Crippen LogP contribution is 2.33. The van der Waals surface area contributed by atoms with Gasteiger partial charge in [0, 0.05) is 23.4 Å². The van der Waals surface area contributed by atoms with E-state index in [0.717, 1.165) is 22.5 Å². The van der Waals surface area contributed by atoms with Crippen molar-refractivity contribution in [3.63, 3.8) is 0 Å².